The van der Waals surface area contributed by atoms with Crippen LogP contribution in [0.4, 0.5) is 0 Å². The number of halogens is 2. The zero-order chi connectivity index (χ0) is 18.6. The maximum Gasteiger partial charge on any atom is 0.192 e. The Labute approximate surface area is 169 Å². The molecule has 3 aromatic carbocycles. The molecule has 0 spiro atoms. The molecule has 2 unspecified atom stereocenters. The van der Waals surface area contributed by atoms with E-state index in [-0.39, 0.29) is 12.1 Å². The Morgan fingerprint density at radius 2 is 1.48 bits per heavy atom. The topological polar surface area (TPSA) is 36.4 Å². The summed E-state index contributed by atoms with van der Waals surface area (Å²) >= 11 is 12.1. The highest BCUT2D eigenvalue weighted by Crippen LogP contribution is 2.35. The average molecular weight is 396 g/mol. The minimum Gasteiger partial charge on any atom is -0.352 e. The molecule has 0 fully saturated rings. The average Bonchev–Trinajstić information content (AvgIpc) is 3.15. The highest BCUT2D eigenvalue weighted by molar-refractivity contribution is 6.42. The summed E-state index contributed by atoms with van der Waals surface area (Å²) < 4.78 is 0. The lowest BCUT2D eigenvalue weighted by Gasteiger charge is -2.19. The van der Waals surface area contributed by atoms with Crippen LogP contribution < -0.4 is 10.6 Å². The third-order valence-electron chi connectivity index (χ3n) is 4.62. The van der Waals surface area contributed by atoms with Crippen LogP contribution in [0.1, 0.15) is 28.8 Å². The number of nitrogens with one attached hydrogen (secondary N) is 2. The van der Waals surface area contributed by atoms with Gasteiger partial charge in [0.1, 0.15) is 6.04 Å². The zero-order valence-corrected chi connectivity index (χ0v) is 16.1. The molecule has 2 atom stereocenters. The summed E-state index contributed by atoms with van der Waals surface area (Å²) in [5.41, 5.74) is 3.44. The SMILES string of the molecule is Clc1ccc(CNC2=NC(c3ccccc3)C(c3ccccc3)N2)cc1Cl. The highest BCUT2D eigenvalue weighted by atomic mass is 35.5. The van der Waals surface area contributed by atoms with E-state index in [1.165, 1.54) is 11.1 Å². The summed E-state index contributed by atoms with van der Waals surface area (Å²) in [6.07, 6.45) is 0. The van der Waals surface area contributed by atoms with E-state index in [2.05, 4.69) is 47.0 Å². The largest absolute Gasteiger partial charge is 0.352 e. The summed E-state index contributed by atoms with van der Waals surface area (Å²) in [7, 11) is 0. The van der Waals surface area contributed by atoms with Crippen molar-refractivity contribution in [3.8, 4) is 0 Å². The zero-order valence-electron chi connectivity index (χ0n) is 14.6. The third kappa shape index (κ3) is 4.10. The van der Waals surface area contributed by atoms with Gasteiger partial charge in [-0.3, -0.25) is 0 Å². The van der Waals surface area contributed by atoms with Crippen LogP contribution in [0.3, 0.4) is 0 Å². The van der Waals surface area contributed by atoms with Crippen molar-refractivity contribution in [2.75, 3.05) is 0 Å². The fraction of sp³-hybridized carbons (Fsp3) is 0.136. The van der Waals surface area contributed by atoms with Gasteiger partial charge in [0.25, 0.3) is 0 Å². The van der Waals surface area contributed by atoms with E-state index in [4.69, 9.17) is 28.2 Å². The minimum atomic E-state index is 0.0184. The van der Waals surface area contributed by atoms with Crippen molar-refractivity contribution < 1.29 is 0 Å². The fourth-order valence-corrected chi connectivity index (χ4v) is 3.57. The molecular formula is C22H19Cl2N3. The van der Waals surface area contributed by atoms with Crippen LogP contribution in [0.5, 0.6) is 0 Å². The molecule has 1 aliphatic heterocycles. The van der Waals surface area contributed by atoms with E-state index in [9.17, 15) is 0 Å². The second-order valence-electron chi connectivity index (χ2n) is 6.47. The van der Waals surface area contributed by atoms with Gasteiger partial charge in [0.2, 0.25) is 0 Å². The monoisotopic (exact) mass is 395 g/mol. The van der Waals surface area contributed by atoms with Crippen LogP contribution >= 0.6 is 23.2 Å². The number of nitrogens with zero attached hydrogens (tertiary/aromatic N) is 1. The maximum absolute atomic E-state index is 6.11. The molecule has 0 bridgehead atoms. The Morgan fingerprint density at radius 3 is 2.15 bits per heavy atom. The quantitative estimate of drug-likeness (QED) is 0.609. The van der Waals surface area contributed by atoms with Gasteiger partial charge in [-0.2, -0.15) is 0 Å². The molecule has 0 aromatic heterocycles. The van der Waals surface area contributed by atoms with E-state index in [0.29, 0.717) is 16.6 Å². The van der Waals surface area contributed by atoms with E-state index in [1.807, 2.05) is 42.5 Å². The normalized spacial score (nSPS) is 18.7. The van der Waals surface area contributed by atoms with Gasteiger partial charge in [-0.1, -0.05) is 89.9 Å². The maximum atomic E-state index is 6.11. The predicted octanol–water partition coefficient (Wildman–Crippen LogP) is 5.52. The summed E-state index contributed by atoms with van der Waals surface area (Å²) in [4.78, 5) is 4.91. The molecule has 4 rings (SSSR count). The second-order valence-corrected chi connectivity index (χ2v) is 7.28. The van der Waals surface area contributed by atoms with Crippen LogP contribution in [0, 0.1) is 0 Å². The minimum absolute atomic E-state index is 0.0184. The van der Waals surface area contributed by atoms with Crippen molar-refractivity contribution in [1.82, 2.24) is 10.6 Å². The van der Waals surface area contributed by atoms with Gasteiger partial charge in [-0.15, -0.1) is 0 Å². The second kappa shape index (κ2) is 8.03. The lowest BCUT2D eigenvalue weighted by atomic mass is 9.95. The van der Waals surface area contributed by atoms with Crippen molar-refractivity contribution >= 4 is 29.2 Å². The summed E-state index contributed by atoms with van der Waals surface area (Å²) in [5, 5.41) is 8.03. The number of hydrogen-bond acceptors (Lipinski definition) is 3. The first-order valence-electron chi connectivity index (χ1n) is 8.83. The molecule has 0 saturated carbocycles. The van der Waals surface area contributed by atoms with Crippen molar-refractivity contribution in [2.24, 2.45) is 4.99 Å². The van der Waals surface area contributed by atoms with E-state index >= 15 is 0 Å². The molecular weight excluding hydrogens is 377 g/mol. The molecule has 3 nitrogen and oxygen atoms in total. The van der Waals surface area contributed by atoms with E-state index < -0.39 is 0 Å². The summed E-state index contributed by atoms with van der Waals surface area (Å²) in [6, 6.07) is 26.5. The molecule has 3 aromatic rings. The Hall–Kier alpha value is -2.49. The van der Waals surface area contributed by atoms with Gasteiger partial charge in [0, 0.05) is 6.54 Å². The standard InChI is InChI=1S/C22H19Cl2N3/c23-18-12-11-15(13-19(18)24)14-25-22-26-20(16-7-3-1-4-8-16)21(27-22)17-9-5-2-6-10-17/h1-13,20-21H,14H2,(H2,25,26,27). The number of aliphatic imine (C=N–C) groups is 1. The predicted molar refractivity (Wildman–Crippen MR) is 112 cm³/mol. The molecule has 1 aliphatic rings. The lowest BCUT2D eigenvalue weighted by molar-refractivity contribution is 0.570. The van der Waals surface area contributed by atoms with Gasteiger partial charge >= 0.3 is 0 Å². The molecule has 0 radical (unpaired) electrons. The first-order valence-corrected chi connectivity index (χ1v) is 9.58. The molecule has 1 heterocycles. The fourth-order valence-electron chi connectivity index (χ4n) is 3.25. The van der Waals surface area contributed by atoms with Crippen LogP contribution in [-0.2, 0) is 6.54 Å². The van der Waals surface area contributed by atoms with Crippen LogP contribution in [0.25, 0.3) is 0 Å². The molecule has 0 aliphatic carbocycles. The van der Waals surface area contributed by atoms with Gasteiger partial charge in [-0.05, 0) is 28.8 Å². The van der Waals surface area contributed by atoms with Gasteiger partial charge in [0.05, 0.1) is 16.1 Å². The number of benzene rings is 3. The van der Waals surface area contributed by atoms with Crippen LogP contribution in [-0.4, -0.2) is 5.96 Å². The van der Waals surface area contributed by atoms with Crippen LogP contribution in [0.15, 0.2) is 83.9 Å². The highest BCUT2D eigenvalue weighted by Gasteiger charge is 2.31. The molecule has 136 valence electrons. The number of hydrogen-bond donors (Lipinski definition) is 2. The molecule has 27 heavy (non-hydrogen) atoms. The van der Waals surface area contributed by atoms with Gasteiger partial charge in [-0.25, -0.2) is 4.99 Å². The Kier molecular flexibility index (Phi) is 5.33. The van der Waals surface area contributed by atoms with Gasteiger partial charge in [0.15, 0.2) is 5.96 Å². The van der Waals surface area contributed by atoms with E-state index in [0.717, 1.165) is 11.5 Å². The van der Waals surface area contributed by atoms with Crippen LogP contribution in [0.2, 0.25) is 10.0 Å². The molecule has 0 amide bonds. The lowest BCUT2D eigenvalue weighted by Crippen LogP contribution is -2.35. The van der Waals surface area contributed by atoms with E-state index in [1.54, 1.807) is 0 Å². The van der Waals surface area contributed by atoms with Crippen molar-refractivity contribution in [1.29, 1.82) is 0 Å². The van der Waals surface area contributed by atoms with Gasteiger partial charge < -0.3 is 10.6 Å². The molecule has 0 saturated heterocycles. The van der Waals surface area contributed by atoms with Crippen molar-refractivity contribution in [3.05, 3.63) is 106 Å². The Balaban J connectivity index is 1.55. The first-order chi connectivity index (χ1) is 13.2. The smallest absolute Gasteiger partial charge is 0.192 e. The number of guanidine groups is 1. The first kappa shape index (κ1) is 17.9. The Morgan fingerprint density at radius 1 is 0.815 bits per heavy atom. The third-order valence-corrected chi connectivity index (χ3v) is 5.36. The summed E-state index contributed by atoms with van der Waals surface area (Å²) in [5.74, 6) is 0.781. The summed E-state index contributed by atoms with van der Waals surface area (Å²) in [6.45, 7) is 0.617. The molecule has 2 N–H and O–H groups in total. The van der Waals surface area contributed by atoms with Crippen molar-refractivity contribution in [2.45, 2.75) is 18.6 Å². The number of rotatable bonds is 4. The van der Waals surface area contributed by atoms with Crippen molar-refractivity contribution in [3.63, 3.8) is 0 Å². The Bertz CT molecular complexity index is 942. The molecule has 5 heteroatoms.